The number of ether oxygens (including phenoxy) is 2. The summed E-state index contributed by atoms with van der Waals surface area (Å²) in [6, 6.07) is 7.91. The zero-order valence-electron chi connectivity index (χ0n) is 15.2. The molecule has 0 radical (unpaired) electrons. The number of hydrogen-bond donors (Lipinski definition) is 1. The number of carbonyl (C=O) groups is 1. The Bertz CT molecular complexity index is 780. The lowest BCUT2D eigenvalue weighted by Crippen LogP contribution is -2.07. The molecule has 0 aliphatic carbocycles. The molecular weight excluding hydrogens is 335 g/mol. The summed E-state index contributed by atoms with van der Waals surface area (Å²) in [6.45, 7) is 4.01. The minimum atomic E-state index is -0.344. The van der Waals surface area contributed by atoms with Crippen LogP contribution < -0.4 is 9.47 Å². The molecule has 0 amide bonds. The second-order valence-corrected chi connectivity index (χ2v) is 6.01. The molecule has 26 heavy (non-hydrogen) atoms. The number of benzene rings is 2. The van der Waals surface area contributed by atoms with E-state index in [9.17, 15) is 9.18 Å². The van der Waals surface area contributed by atoms with E-state index >= 15 is 0 Å². The van der Waals surface area contributed by atoms with Crippen molar-refractivity contribution in [3.63, 3.8) is 0 Å². The van der Waals surface area contributed by atoms with Crippen LogP contribution in [0.25, 0.3) is 17.2 Å². The summed E-state index contributed by atoms with van der Waals surface area (Å²) in [5.41, 5.74) is 3.19. The molecule has 0 heterocycles. The molecule has 5 heteroatoms. The van der Waals surface area contributed by atoms with Crippen molar-refractivity contribution < 1.29 is 23.8 Å². The Balaban J connectivity index is 2.86. The van der Waals surface area contributed by atoms with Crippen LogP contribution in [0.1, 0.15) is 30.9 Å². The second kappa shape index (κ2) is 9.15. The third-order valence-corrected chi connectivity index (χ3v) is 3.97. The maximum Gasteiger partial charge on any atom is 0.169 e. The first-order chi connectivity index (χ1) is 12.5. The molecule has 2 aromatic carbocycles. The molecule has 0 unspecified atom stereocenters. The Hall–Kier alpha value is -2.66. The van der Waals surface area contributed by atoms with Crippen molar-refractivity contribution in [3.8, 4) is 22.6 Å². The van der Waals surface area contributed by atoms with Gasteiger partial charge in [0.25, 0.3) is 0 Å². The number of hydrogen-bond acceptors (Lipinski definition) is 4. The lowest BCUT2D eigenvalue weighted by Gasteiger charge is -2.22. The molecule has 4 nitrogen and oxygen atoms in total. The van der Waals surface area contributed by atoms with Gasteiger partial charge < -0.3 is 14.6 Å². The fourth-order valence-electron chi connectivity index (χ4n) is 2.81. The Morgan fingerprint density at radius 2 is 1.92 bits per heavy atom. The first kappa shape index (κ1) is 19.7. The Kier molecular flexibility index (Phi) is 6.92. The maximum absolute atomic E-state index is 13.4. The Morgan fingerprint density at radius 3 is 2.46 bits per heavy atom. The average molecular weight is 358 g/mol. The Morgan fingerprint density at radius 1 is 1.23 bits per heavy atom. The quantitative estimate of drug-likeness (QED) is 0.567. The summed E-state index contributed by atoms with van der Waals surface area (Å²) in [5.74, 6) is 0.776. The number of aliphatic hydroxyl groups excluding tert-OH is 1. The third kappa shape index (κ3) is 4.29. The average Bonchev–Trinajstić information content (AvgIpc) is 2.64. The van der Waals surface area contributed by atoms with Gasteiger partial charge in [0.1, 0.15) is 18.7 Å². The van der Waals surface area contributed by atoms with Crippen LogP contribution in [0.4, 0.5) is 4.39 Å². The summed E-state index contributed by atoms with van der Waals surface area (Å²) in [7, 11) is 1.54. The number of aliphatic hydroxyl groups is 1. The molecule has 0 aliphatic rings. The lowest BCUT2D eigenvalue weighted by atomic mass is 9.88. The standard InChI is InChI=1S/C21H23FO4/c1-14(2)18-13-19(25-3)21(26-12-11-24)20(17(18)5-4-10-23)15-6-8-16(22)9-7-15/h4-10,13-14,24H,11-12H2,1-3H3. The Labute approximate surface area is 152 Å². The van der Waals surface area contributed by atoms with E-state index < -0.39 is 0 Å². The third-order valence-electron chi connectivity index (χ3n) is 3.97. The highest BCUT2D eigenvalue weighted by atomic mass is 19.1. The van der Waals surface area contributed by atoms with Crippen molar-refractivity contribution in [3.05, 3.63) is 53.4 Å². The van der Waals surface area contributed by atoms with Gasteiger partial charge in [0, 0.05) is 5.56 Å². The van der Waals surface area contributed by atoms with E-state index in [1.807, 2.05) is 19.9 Å². The van der Waals surface area contributed by atoms with Crippen LogP contribution in [-0.4, -0.2) is 31.7 Å². The molecule has 2 rings (SSSR count). The molecule has 138 valence electrons. The minimum Gasteiger partial charge on any atom is -0.493 e. The second-order valence-electron chi connectivity index (χ2n) is 6.01. The molecule has 1 N–H and O–H groups in total. The molecule has 2 aromatic rings. The van der Waals surface area contributed by atoms with Gasteiger partial charge in [-0.3, -0.25) is 4.79 Å². The van der Waals surface area contributed by atoms with Gasteiger partial charge in [-0.25, -0.2) is 4.39 Å². The van der Waals surface area contributed by atoms with Crippen molar-refractivity contribution in [1.29, 1.82) is 0 Å². The van der Waals surface area contributed by atoms with E-state index in [1.165, 1.54) is 18.2 Å². The van der Waals surface area contributed by atoms with E-state index in [1.54, 1.807) is 25.3 Å². The number of carbonyl (C=O) groups excluding carboxylic acids is 1. The smallest absolute Gasteiger partial charge is 0.169 e. The largest absolute Gasteiger partial charge is 0.493 e. The van der Waals surface area contributed by atoms with E-state index in [2.05, 4.69) is 0 Å². The zero-order chi connectivity index (χ0) is 19.1. The molecule has 0 saturated heterocycles. The molecule has 0 aromatic heterocycles. The highest BCUT2D eigenvalue weighted by Crippen LogP contribution is 2.45. The summed E-state index contributed by atoms with van der Waals surface area (Å²) in [6.07, 6.45) is 3.83. The first-order valence-electron chi connectivity index (χ1n) is 8.39. The molecule has 0 saturated carbocycles. The van der Waals surface area contributed by atoms with Gasteiger partial charge >= 0.3 is 0 Å². The predicted molar refractivity (Wildman–Crippen MR) is 100 cm³/mol. The van der Waals surface area contributed by atoms with Gasteiger partial charge in [-0.1, -0.05) is 32.1 Å². The van der Waals surface area contributed by atoms with Crippen molar-refractivity contribution in [2.24, 2.45) is 0 Å². The topological polar surface area (TPSA) is 55.8 Å². The van der Waals surface area contributed by atoms with Crippen molar-refractivity contribution in [2.75, 3.05) is 20.3 Å². The van der Waals surface area contributed by atoms with Crippen molar-refractivity contribution >= 4 is 12.4 Å². The van der Waals surface area contributed by atoms with Crippen LogP contribution in [0.3, 0.4) is 0 Å². The molecule has 0 bridgehead atoms. The number of methoxy groups -OCH3 is 1. The van der Waals surface area contributed by atoms with Gasteiger partial charge in [-0.05, 0) is 46.9 Å². The summed E-state index contributed by atoms with van der Waals surface area (Å²) < 4.78 is 24.7. The van der Waals surface area contributed by atoms with Gasteiger partial charge in [0.2, 0.25) is 0 Å². The van der Waals surface area contributed by atoms with E-state index in [0.29, 0.717) is 23.3 Å². The molecular formula is C21H23FO4. The normalized spacial score (nSPS) is 11.2. The maximum atomic E-state index is 13.4. The summed E-state index contributed by atoms with van der Waals surface area (Å²) in [4.78, 5) is 10.9. The van der Waals surface area contributed by atoms with E-state index in [4.69, 9.17) is 14.6 Å². The minimum absolute atomic E-state index is 0.0857. The van der Waals surface area contributed by atoms with Gasteiger partial charge in [-0.2, -0.15) is 0 Å². The predicted octanol–water partition coefficient (Wildman–Crippen LogP) is 4.21. The van der Waals surface area contributed by atoms with Crippen LogP contribution in [0.5, 0.6) is 11.5 Å². The number of halogens is 1. The molecule has 0 spiro atoms. The molecule has 0 fully saturated rings. The fourth-order valence-corrected chi connectivity index (χ4v) is 2.81. The fraction of sp³-hybridized carbons (Fsp3) is 0.286. The van der Waals surface area contributed by atoms with Crippen LogP contribution in [-0.2, 0) is 4.79 Å². The lowest BCUT2D eigenvalue weighted by molar-refractivity contribution is -0.104. The van der Waals surface area contributed by atoms with Gasteiger partial charge in [0.15, 0.2) is 11.5 Å². The number of allylic oxidation sites excluding steroid dienone is 1. The molecule has 0 aliphatic heterocycles. The van der Waals surface area contributed by atoms with Crippen LogP contribution in [0, 0.1) is 5.82 Å². The van der Waals surface area contributed by atoms with Gasteiger partial charge in [-0.15, -0.1) is 0 Å². The monoisotopic (exact) mass is 358 g/mol. The van der Waals surface area contributed by atoms with Crippen molar-refractivity contribution in [1.82, 2.24) is 0 Å². The number of rotatable bonds is 8. The van der Waals surface area contributed by atoms with E-state index in [-0.39, 0.29) is 24.9 Å². The van der Waals surface area contributed by atoms with Gasteiger partial charge in [0.05, 0.1) is 13.7 Å². The summed E-state index contributed by atoms with van der Waals surface area (Å²) in [5, 5.41) is 9.17. The number of aldehydes is 1. The SMILES string of the molecule is COc1cc(C(C)C)c(C=CC=O)c(-c2ccc(F)cc2)c1OCCO. The van der Waals surface area contributed by atoms with Crippen LogP contribution in [0.2, 0.25) is 0 Å². The highest BCUT2D eigenvalue weighted by molar-refractivity contribution is 5.87. The van der Waals surface area contributed by atoms with Crippen LogP contribution in [0.15, 0.2) is 36.4 Å². The van der Waals surface area contributed by atoms with Crippen LogP contribution >= 0.6 is 0 Å². The van der Waals surface area contributed by atoms with Crippen molar-refractivity contribution in [2.45, 2.75) is 19.8 Å². The highest BCUT2D eigenvalue weighted by Gasteiger charge is 2.21. The first-order valence-corrected chi connectivity index (χ1v) is 8.39. The summed E-state index contributed by atoms with van der Waals surface area (Å²) >= 11 is 0. The zero-order valence-corrected chi connectivity index (χ0v) is 15.2. The van der Waals surface area contributed by atoms with E-state index in [0.717, 1.165) is 16.7 Å². The molecule has 0 atom stereocenters.